The Kier molecular flexibility index (Phi) is 2.03. The van der Waals surface area contributed by atoms with Crippen molar-refractivity contribution in [3.63, 3.8) is 0 Å². The average molecular weight is 207 g/mol. The largest absolute Gasteiger partial charge is 0.710 e. The number of anilines is 1. The van der Waals surface area contributed by atoms with Crippen LogP contribution in [0.1, 0.15) is 11.3 Å². The summed E-state index contributed by atoms with van der Waals surface area (Å²) in [5.41, 5.74) is 2.45. The van der Waals surface area contributed by atoms with Gasteiger partial charge in [0.15, 0.2) is 0 Å². The van der Waals surface area contributed by atoms with Gasteiger partial charge in [-0.1, -0.05) is 0 Å². The number of hydrogen-bond donors (Lipinski definition) is 0. The lowest BCUT2D eigenvalue weighted by Gasteiger charge is -2.05. The van der Waals surface area contributed by atoms with Crippen molar-refractivity contribution in [2.45, 2.75) is 13.8 Å². The zero-order chi connectivity index (χ0) is 11.2. The summed E-state index contributed by atoms with van der Waals surface area (Å²) in [6, 6.07) is 2.24. The Morgan fingerprint density at radius 3 is 2.67 bits per heavy atom. The lowest BCUT2D eigenvalue weighted by molar-refractivity contribution is -0.586. The normalized spacial score (nSPS) is 10.9. The molecule has 0 N–H and O–H groups in total. The Labute approximate surface area is 87.5 Å². The molecule has 15 heavy (non-hydrogen) atoms. The zero-order valence-corrected chi connectivity index (χ0v) is 9.24. The highest BCUT2D eigenvalue weighted by Crippen LogP contribution is 2.21. The van der Waals surface area contributed by atoms with Gasteiger partial charge in [0.2, 0.25) is 5.58 Å². The molecular formula is C10H13N3O2. The monoisotopic (exact) mass is 207 g/mol. The molecule has 0 saturated heterocycles. The minimum atomic E-state index is 0.344. The fourth-order valence-electron chi connectivity index (χ4n) is 1.49. The van der Waals surface area contributed by atoms with Gasteiger partial charge in [-0.05, 0) is 19.9 Å². The number of rotatable bonds is 1. The van der Waals surface area contributed by atoms with Crippen LogP contribution in [0.4, 0.5) is 6.01 Å². The highest BCUT2D eigenvalue weighted by atomic mass is 16.5. The molecule has 5 heteroatoms. The Morgan fingerprint density at radius 1 is 1.40 bits per heavy atom. The maximum Gasteiger partial charge on any atom is 0.415 e. The third-order valence-corrected chi connectivity index (χ3v) is 2.28. The fraction of sp³-hybridized carbons (Fsp3) is 0.400. The van der Waals surface area contributed by atoms with Gasteiger partial charge in [-0.3, -0.25) is 0 Å². The van der Waals surface area contributed by atoms with Gasteiger partial charge in [-0.25, -0.2) is 4.73 Å². The summed E-state index contributed by atoms with van der Waals surface area (Å²) in [6.45, 7) is 3.66. The Balaban J connectivity index is 2.80. The van der Waals surface area contributed by atoms with Crippen LogP contribution < -0.4 is 9.63 Å². The highest BCUT2D eigenvalue weighted by molar-refractivity contribution is 5.71. The first-order valence-corrected chi connectivity index (χ1v) is 4.68. The summed E-state index contributed by atoms with van der Waals surface area (Å²) in [6.07, 6.45) is 0. The maximum atomic E-state index is 11.7. The first kappa shape index (κ1) is 9.76. The van der Waals surface area contributed by atoms with Gasteiger partial charge in [-0.15, -0.1) is 0 Å². The molecule has 0 unspecified atom stereocenters. The van der Waals surface area contributed by atoms with E-state index in [0.29, 0.717) is 22.9 Å². The number of fused-ring (bicyclic) bond motifs is 1. The van der Waals surface area contributed by atoms with Gasteiger partial charge in [-0.2, -0.15) is 0 Å². The molecule has 2 heterocycles. The number of pyridine rings is 1. The number of aryl methyl sites for hydroxylation is 2. The van der Waals surface area contributed by atoms with E-state index in [-0.39, 0.29) is 0 Å². The molecule has 0 saturated carbocycles. The molecule has 0 atom stereocenters. The minimum absolute atomic E-state index is 0.344. The second-order valence-electron chi connectivity index (χ2n) is 3.81. The van der Waals surface area contributed by atoms with Crippen molar-refractivity contribution >= 4 is 17.2 Å². The molecule has 0 amide bonds. The SMILES string of the molecule is Cc1cc(C)[n+]([O-])c2nc(N(C)C)oc12. The number of hydrogen-bond acceptors (Lipinski definition) is 4. The molecule has 5 nitrogen and oxygen atoms in total. The molecule has 0 aliphatic carbocycles. The van der Waals surface area contributed by atoms with E-state index in [1.165, 1.54) is 0 Å². The van der Waals surface area contributed by atoms with Crippen molar-refractivity contribution in [2.75, 3.05) is 19.0 Å². The van der Waals surface area contributed by atoms with Crippen LogP contribution in [0, 0.1) is 19.1 Å². The summed E-state index contributed by atoms with van der Waals surface area (Å²) in [4.78, 5) is 5.87. The van der Waals surface area contributed by atoms with E-state index in [0.717, 1.165) is 10.3 Å². The molecular weight excluding hydrogens is 194 g/mol. The van der Waals surface area contributed by atoms with Crippen molar-refractivity contribution in [1.82, 2.24) is 4.98 Å². The topological polar surface area (TPSA) is 56.2 Å². The van der Waals surface area contributed by atoms with Crippen LogP contribution in [0.5, 0.6) is 0 Å². The summed E-state index contributed by atoms with van der Waals surface area (Å²) in [5.74, 6) is 0. The minimum Gasteiger partial charge on any atom is -0.710 e. The number of nitrogens with zero attached hydrogens (tertiary/aromatic N) is 3. The van der Waals surface area contributed by atoms with E-state index < -0.39 is 0 Å². The Hall–Kier alpha value is -1.78. The third-order valence-electron chi connectivity index (χ3n) is 2.28. The highest BCUT2D eigenvalue weighted by Gasteiger charge is 2.20. The number of aromatic nitrogens is 2. The molecule has 0 aliphatic heterocycles. The Bertz CT molecular complexity index is 517. The van der Waals surface area contributed by atoms with E-state index in [4.69, 9.17) is 4.42 Å². The van der Waals surface area contributed by atoms with Crippen LogP contribution >= 0.6 is 0 Å². The van der Waals surface area contributed by atoms with Gasteiger partial charge in [0.25, 0.3) is 0 Å². The molecule has 0 aromatic carbocycles. The average Bonchev–Trinajstić information content (AvgIpc) is 2.59. The second-order valence-corrected chi connectivity index (χ2v) is 3.81. The molecule has 0 radical (unpaired) electrons. The van der Waals surface area contributed by atoms with Gasteiger partial charge in [0.05, 0.1) is 0 Å². The van der Waals surface area contributed by atoms with Crippen molar-refractivity contribution in [3.05, 3.63) is 22.5 Å². The van der Waals surface area contributed by atoms with Crippen LogP contribution in [-0.4, -0.2) is 19.1 Å². The Morgan fingerprint density at radius 2 is 2.07 bits per heavy atom. The lowest BCUT2D eigenvalue weighted by atomic mass is 10.2. The second kappa shape index (κ2) is 3.12. The van der Waals surface area contributed by atoms with E-state index in [9.17, 15) is 5.21 Å². The lowest BCUT2D eigenvalue weighted by Crippen LogP contribution is -2.31. The molecule has 0 aliphatic rings. The molecule has 2 rings (SSSR count). The molecule has 2 aromatic rings. The zero-order valence-electron chi connectivity index (χ0n) is 9.24. The van der Waals surface area contributed by atoms with E-state index in [2.05, 4.69) is 4.98 Å². The first-order valence-electron chi connectivity index (χ1n) is 4.68. The van der Waals surface area contributed by atoms with E-state index in [1.54, 1.807) is 17.9 Å². The van der Waals surface area contributed by atoms with Crippen LogP contribution in [0.25, 0.3) is 11.2 Å². The summed E-state index contributed by atoms with van der Waals surface area (Å²) in [5, 5.41) is 11.7. The standard InChI is InChI=1S/C10H13N3O2/c1-6-5-7(2)13(14)9-8(6)15-10(11-9)12(3)4/h5H,1-4H3. The van der Waals surface area contributed by atoms with Crippen LogP contribution in [0.15, 0.2) is 10.5 Å². The maximum absolute atomic E-state index is 11.7. The molecule has 0 fully saturated rings. The molecule has 0 spiro atoms. The van der Waals surface area contributed by atoms with E-state index in [1.807, 2.05) is 21.0 Å². The van der Waals surface area contributed by atoms with Gasteiger partial charge in [0, 0.05) is 24.6 Å². The van der Waals surface area contributed by atoms with Crippen LogP contribution in [0.3, 0.4) is 0 Å². The summed E-state index contributed by atoms with van der Waals surface area (Å²) in [7, 11) is 3.64. The first-order chi connectivity index (χ1) is 7.00. The van der Waals surface area contributed by atoms with E-state index >= 15 is 0 Å². The van der Waals surface area contributed by atoms with Gasteiger partial charge in [0.1, 0.15) is 5.69 Å². The van der Waals surface area contributed by atoms with Gasteiger partial charge >= 0.3 is 11.7 Å². The predicted octanol–water partition coefficient (Wildman–Crippen LogP) is 1.14. The predicted molar refractivity (Wildman–Crippen MR) is 56.8 cm³/mol. The van der Waals surface area contributed by atoms with Crippen LogP contribution in [0.2, 0.25) is 0 Å². The molecule has 2 aromatic heterocycles. The molecule has 0 bridgehead atoms. The summed E-state index contributed by atoms with van der Waals surface area (Å²) >= 11 is 0. The molecule has 80 valence electrons. The quantitative estimate of drug-likeness (QED) is 0.520. The fourth-order valence-corrected chi connectivity index (χ4v) is 1.49. The van der Waals surface area contributed by atoms with Gasteiger partial charge < -0.3 is 14.5 Å². The van der Waals surface area contributed by atoms with Crippen LogP contribution in [-0.2, 0) is 0 Å². The van der Waals surface area contributed by atoms with Crippen molar-refractivity contribution < 1.29 is 9.15 Å². The third kappa shape index (κ3) is 1.40. The number of oxazole rings is 1. The van der Waals surface area contributed by atoms with Crippen molar-refractivity contribution in [1.29, 1.82) is 0 Å². The van der Waals surface area contributed by atoms with Crippen molar-refractivity contribution in [3.8, 4) is 0 Å². The smallest absolute Gasteiger partial charge is 0.415 e. The summed E-state index contributed by atoms with van der Waals surface area (Å²) < 4.78 is 6.28. The van der Waals surface area contributed by atoms with Crippen molar-refractivity contribution in [2.24, 2.45) is 0 Å².